The minimum atomic E-state index is -0.801. The Kier molecular flexibility index (Phi) is 7.44. The summed E-state index contributed by atoms with van der Waals surface area (Å²) in [6, 6.07) is -0.237. The van der Waals surface area contributed by atoms with Crippen molar-refractivity contribution in [2.45, 2.75) is 51.6 Å². The Bertz CT molecular complexity index is 304. The van der Waals surface area contributed by atoms with Crippen molar-refractivity contribution in [3.05, 3.63) is 0 Å². The number of carboxylic acid groups (broad SMARTS) is 1. The molecule has 112 valence electrons. The highest BCUT2D eigenvalue weighted by Gasteiger charge is 2.21. The van der Waals surface area contributed by atoms with Gasteiger partial charge in [0.05, 0.1) is 0 Å². The number of hydrogen-bond donors (Lipinski definition) is 3. The Morgan fingerprint density at radius 2 is 1.89 bits per heavy atom. The number of hydrogen-bond acceptors (Lipinski definition) is 3. The van der Waals surface area contributed by atoms with E-state index in [1.54, 1.807) is 0 Å². The van der Waals surface area contributed by atoms with Gasteiger partial charge in [0.25, 0.3) is 0 Å². The summed E-state index contributed by atoms with van der Waals surface area (Å²) in [7, 11) is 3.93. The number of amides is 2. The zero-order valence-corrected chi connectivity index (χ0v) is 12.6. The van der Waals surface area contributed by atoms with Crippen LogP contribution in [0.4, 0.5) is 4.79 Å². The van der Waals surface area contributed by atoms with Crippen LogP contribution in [0.2, 0.25) is 0 Å². The van der Waals surface area contributed by atoms with Gasteiger partial charge in [-0.2, -0.15) is 0 Å². The third-order valence-electron chi connectivity index (χ3n) is 3.30. The molecular formula is C13H27N3O3. The lowest BCUT2D eigenvalue weighted by molar-refractivity contribution is -0.137. The predicted molar refractivity (Wildman–Crippen MR) is 75.2 cm³/mol. The highest BCUT2D eigenvalue weighted by Crippen LogP contribution is 2.07. The molecule has 1 atom stereocenters. The molecule has 0 bridgehead atoms. The highest BCUT2D eigenvalue weighted by molar-refractivity contribution is 5.74. The molecule has 6 heteroatoms. The predicted octanol–water partition coefficient (Wildman–Crippen LogP) is 1.27. The van der Waals surface area contributed by atoms with Gasteiger partial charge in [0.2, 0.25) is 0 Å². The summed E-state index contributed by atoms with van der Waals surface area (Å²) in [5, 5.41) is 14.2. The number of likely N-dealkylation sites (N-methyl/N-ethyl adjacent to an activating group) is 1. The van der Waals surface area contributed by atoms with E-state index in [0.29, 0.717) is 19.4 Å². The number of nitrogens with one attached hydrogen (secondary N) is 2. The number of urea groups is 1. The SMILES string of the molecule is CC(CCCC(=O)O)NC(=O)NCC(C)(C)N(C)C. The zero-order valence-electron chi connectivity index (χ0n) is 12.6. The van der Waals surface area contributed by atoms with Crippen molar-refractivity contribution in [3.8, 4) is 0 Å². The third kappa shape index (κ3) is 8.42. The minimum absolute atomic E-state index is 0.0261. The second kappa shape index (κ2) is 7.99. The van der Waals surface area contributed by atoms with Crippen molar-refractivity contribution in [1.29, 1.82) is 0 Å². The molecule has 0 radical (unpaired) electrons. The van der Waals surface area contributed by atoms with Gasteiger partial charge in [-0.1, -0.05) is 0 Å². The van der Waals surface area contributed by atoms with Gasteiger partial charge >= 0.3 is 12.0 Å². The van der Waals surface area contributed by atoms with E-state index in [0.717, 1.165) is 0 Å². The second-order valence-electron chi connectivity index (χ2n) is 5.72. The molecule has 0 aromatic carbocycles. The quantitative estimate of drug-likeness (QED) is 0.622. The molecule has 0 rings (SSSR count). The molecule has 6 nitrogen and oxygen atoms in total. The molecule has 0 heterocycles. The number of aliphatic carboxylic acids is 1. The Morgan fingerprint density at radius 3 is 2.37 bits per heavy atom. The fourth-order valence-electron chi connectivity index (χ4n) is 1.36. The van der Waals surface area contributed by atoms with Gasteiger partial charge in [0.15, 0.2) is 0 Å². The third-order valence-corrected chi connectivity index (χ3v) is 3.30. The fraction of sp³-hybridized carbons (Fsp3) is 0.846. The first kappa shape index (κ1) is 17.7. The maximum atomic E-state index is 11.7. The van der Waals surface area contributed by atoms with Crippen molar-refractivity contribution in [3.63, 3.8) is 0 Å². The molecule has 19 heavy (non-hydrogen) atoms. The summed E-state index contributed by atoms with van der Waals surface area (Å²) >= 11 is 0. The first-order chi connectivity index (χ1) is 8.65. The molecule has 0 aromatic heterocycles. The van der Waals surface area contributed by atoms with Crippen molar-refractivity contribution >= 4 is 12.0 Å². The first-order valence-electron chi connectivity index (χ1n) is 6.58. The van der Waals surface area contributed by atoms with Crippen LogP contribution in [0.5, 0.6) is 0 Å². The molecule has 0 aliphatic rings. The van der Waals surface area contributed by atoms with Gasteiger partial charge in [0.1, 0.15) is 0 Å². The van der Waals surface area contributed by atoms with Crippen LogP contribution in [0.1, 0.15) is 40.0 Å². The number of carboxylic acids is 1. The standard InChI is InChI=1S/C13H27N3O3/c1-10(7-6-8-11(17)18)15-12(19)14-9-13(2,3)16(4)5/h10H,6-9H2,1-5H3,(H,17,18)(H2,14,15,19). The van der Waals surface area contributed by atoms with Crippen LogP contribution >= 0.6 is 0 Å². The molecule has 1 unspecified atom stereocenters. The summed E-state index contributed by atoms with van der Waals surface area (Å²) in [6.45, 7) is 6.51. The number of carbonyl (C=O) groups is 2. The van der Waals surface area contributed by atoms with Gasteiger partial charge in [-0.25, -0.2) is 4.79 Å². The van der Waals surface area contributed by atoms with E-state index in [-0.39, 0.29) is 24.0 Å². The van der Waals surface area contributed by atoms with E-state index in [4.69, 9.17) is 5.11 Å². The molecule has 0 saturated heterocycles. The summed E-state index contributed by atoms with van der Waals surface area (Å²) in [4.78, 5) is 24.1. The van der Waals surface area contributed by atoms with Crippen molar-refractivity contribution in [2.24, 2.45) is 0 Å². The average Bonchev–Trinajstić information content (AvgIpc) is 2.25. The lowest BCUT2D eigenvalue weighted by Crippen LogP contribution is -2.51. The van der Waals surface area contributed by atoms with E-state index in [1.807, 2.05) is 39.8 Å². The maximum Gasteiger partial charge on any atom is 0.315 e. The van der Waals surface area contributed by atoms with Crippen LogP contribution in [0, 0.1) is 0 Å². The van der Waals surface area contributed by atoms with Gasteiger partial charge in [-0.15, -0.1) is 0 Å². The highest BCUT2D eigenvalue weighted by atomic mass is 16.4. The molecule has 0 saturated carbocycles. The smallest absolute Gasteiger partial charge is 0.315 e. The maximum absolute atomic E-state index is 11.7. The topological polar surface area (TPSA) is 81.7 Å². The van der Waals surface area contributed by atoms with Crippen LogP contribution in [-0.2, 0) is 4.79 Å². The molecule has 0 aliphatic carbocycles. The Labute approximate surface area is 115 Å². The van der Waals surface area contributed by atoms with Gasteiger partial charge < -0.3 is 20.6 Å². The Balaban J connectivity index is 3.88. The summed E-state index contributed by atoms with van der Waals surface area (Å²) in [6.07, 6.45) is 1.37. The average molecular weight is 273 g/mol. The minimum Gasteiger partial charge on any atom is -0.481 e. The van der Waals surface area contributed by atoms with Crippen molar-refractivity contribution < 1.29 is 14.7 Å². The van der Waals surface area contributed by atoms with E-state index < -0.39 is 5.97 Å². The lowest BCUT2D eigenvalue weighted by atomic mass is 10.0. The Hall–Kier alpha value is -1.30. The first-order valence-corrected chi connectivity index (χ1v) is 6.58. The molecular weight excluding hydrogens is 246 g/mol. The number of rotatable bonds is 8. The van der Waals surface area contributed by atoms with Crippen LogP contribution in [0.25, 0.3) is 0 Å². The molecule has 0 spiro atoms. The molecule has 0 fully saturated rings. The largest absolute Gasteiger partial charge is 0.481 e. The van der Waals surface area contributed by atoms with Crippen molar-refractivity contribution in [1.82, 2.24) is 15.5 Å². The molecule has 3 N–H and O–H groups in total. The number of carbonyl (C=O) groups excluding carboxylic acids is 1. The van der Waals surface area contributed by atoms with Crippen LogP contribution in [0.3, 0.4) is 0 Å². The molecule has 2 amide bonds. The van der Waals surface area contributed by atoms with E-state index in [9.17, 15) is 9.59 Å². The monoisotopic (exact) mass is 273 g/mol. The summed E-state index contributed by atoms with van der Waals surface area (Å²) in [5.74, 6) is -0.801. The lowest BCUT2D eigenvalue weighted by Gasteiger charge is -2.32. The normalized spacial score (nSPS) is 13.2. The van der Waals surface area contributed by atoms with Crippen LogP contribution < -0.4 is 10.6 Å². The second-order valence-corrected chi connectivity index (χ2v) is 5.72. The fourth-order valence-corrected chi connectivity index (χ4v) is 1.36. The number of nitrogens with zero attached hydrogens (tertiary/aromatic N) is 1. The zero-order chi connectivity index (χ0) is 15.1. The van der Waals surface area contributed by atoms with E-state index in [2.05, 4.69) is 10.6 Å². The van der Waals surface area contributed by atoms with E-state index >= 15 is 0 Å². The van der Waals surface area contributed by atoms with Crippen molar-refractivity contribution in [2.75, 3.05) is 20.6 Å². The van der Waals surface area contributed by atoms with Gasteiger partial charge in [-0.05, 0) is 47.7 Å². The molecule has 0 aromatic rings. The van der Waals surface area contributed by atoms with E-state index in [1.165, 1.54) is 0 Å². The summed E-state index contributed by atoms with van der Waals surface area (Å²) < 4.78 is 0. The van der Waals surface area contributed by atoms with Gasteiger partial charge in [-0.3, -0.25) is 4.79 Å². The van der Waals surface area contributed by atoms with Gasteiger partial charge in [0, 0.05) is 24.5 Å². The Morgan fingerprint density at radius 1 is 1.32 bits per heavy atom. The van der Waals surface area contributed by atoms with Crippen LogP contribution in [0.15, 0.2) is 0 Å². The van der Waals surface area contributed by atoms with Crippen LogP contribution in [-0.4, -0.2) is 54.2 Å². The molecule has 0 aliphatic heterocycles. The summed E-state index contributed by atoms with van der Waals surface area (Å²) in [5.41, 5.74) is -0.107.